The molecule has 0 saturated heterocycles. The first-order valence-corrected chi connectivity index (χ1v) is 18.3. The highest BCUT2D eigenvalue weighted by Crippen LogP contribution is 2.24. The lowest BCUT2D eigenvalue weighted by atomic mass is 9.94. The van der Waals surface area contributed by atoms with Crippen molar-refractivity contribution in [2.75, 3.05) is 13.2 Å². The Bertz CT molecular complexity index is 1700. The summed E-state index contributed by atoms with van der Waals surface area (Å²) in [5.74, 6) is -1.38. The third-order valence-corrected chi connectivity index (χ3v) is 9.00. The molecule has 8 heteroatoms. The van der Waals surface area contributed by atoms with Crippen LogP contribution in [0.25, 0.3) is 0 Å². The number of unbranched alkanes of at least 4 members (excludes halogenated alkanes) is 1. The molecule has 4 rings (SSSR count). The van der Waals surface area contributed by atoms with Gasteiger partial charge in [0, 0.05) is 6.42 Å². The van der Waals surface area contributed by atoms with Crippen molar-refractivity contribution in [3.05, 3.63) is 163 Å². The number of rotatable bonds is 23. The Balaban J connectivity index is 1.33. The number of hydrogen-bond donors (Lipinski definition) is 3. The summed E-state index contributed by atoms with van der Waals surface area (Å²) in [6.45, 7) is 7.83. The summed E-state index contributed by atoms with van der Waals surface area (Å²) in [4.78, 5) is 40.3. The molecule has 0 fully saturated rings. The first-order valence-electron chi connectivity index (χ1n) is 18.3. The van der Waals surface area contributed by atoms with E-state index in [0.717, 1.165) is 40.8 Å². The summed E-state index contributed by atoms with van der Waals surface area (Å²) < 4.78 is 12.0. The van der Waals surface area contributed by atoms with Gasteiger partial charge in [-0.15, -0.1) is 13.2 Å². The minimum Gasteiger partial charge on any atom is -0.489 e. The van der Waals surface area contributed by atoms with Gasteiger partial charge in [0.15, 0.2) is 0 Å². The third kappa shape index (κ3) is 14.2. The molecule has 0 saturated carbocycles. The number of allylic oxidation sites excluding steroid dienone is 2. The van der Waals surface area contributed by atoms with E-state index in [1.165, 1.54) is 0 Å². The van der Waals surface area contributed by atoms with E-state index >= 15 is 0 Å². The fourth-order valence-corrected chi connectivity index (χ4v) is 6.08. The largest absolute Gasteiger partial charge is 0.489 e. The third-order valence-electron chi connectivity index (χ3n) is 9.00. The zero-order chi connectivity index (χ0) is 37.7. The van der Waals surface area contributed by atoms with Crippen molar-refractivity contribution in [2.45, 2.75) is 63.7 Å². The Labute approximate surface area is 313 Å². The van der Waals surface area contributed by atoms with Gasteiger partial charge in [0.05, 0.1) is 31.0 Å². The maximum absolute atomic E-state index is 13.7. The molecule has 4 aromatic rings. The Kier molecular flexibility index (Phi) is 17.1. The predicted molar refractivity (Wildman–Crippen MR) is 209 cm³/mol. The molecule has 0 aliphatic rings. The van der Waals surface area contributed by atoms with Crippen LogP contribution in [0.15, 0.2) is 141 Å². The molecule has 0 bridgehead atoms. The number of nitrogens with one attached hydrogen (secondary N) is 2. The van der Waals surface area contributed by atoms with Crippen molar-refractivity contribution in [2.24, 2.45) is 11.8 Å². The summed E-state index contributed by atoms with van der Waals surface area (Å²) in [7, 11) is 0. The topological polar surface area (TPSA) is 114 Å². The molecule has 278 valence electrons. The standard InChI is InChI=1S/C45H52N2O6/c1-3-5-9-23-39(28-34-17-10-6-11-18-34)45(51)53-42(37-21-14-8-15-22-37)31-46-44(50)38(16-4-2)30-43(49)47-40(32-48)29-35-24-26-41(27-25-35)52-33-36-19-12-7-13-20-36/h3-4,6-8,10-15,17-22,24-27,38-40,42,48H,1-2,5,9,16,23,28-33H2,(H,46,50)(H,47,49)/t38-,39+,40-,42-/m0/s1. The van der Waals surface area contributed by atoms with Crippen molar-refractivity contribution in [1.29, 1.82) is 0 Å². The zero-order valence-corrected chi connectivity index (χ0v) is 30.4. The second kappa shape index (κ2) is 22.5. The lowest BCUT2D eigenvalue weighted by Crippen LogP contribution is -2.42. The van der Waals surface area contributed by atoms with Gasteiger partial charge in [0.2, 0.25) is 11.8 Å². The second-order valence-electron chi connectivity index (χ2n) is 13.2. The van der Waals surface area contributed by atoms with Crippen LogP contribution in [0.1, 0.15) is 60.5 Å². The number of aliphatic hydroxyl groups excluding tert-OH is 1. The molecule has 2 amide bonds. The quantitative estimate of drug-likeness (QED) is 0.0417. The van der Waals surface area contributed by atoms with Gasteiger partial charge in [0.1, 0.15) is 18.5 Å². The smallest absolute Gasteiger partial charge is 0.309 e. The van der Waals surface area contributed by atoms with E-state index in [1.54, 1.807) is 6.08 Å². The van der Waals surface area contributed by atoms with Gasteiger partial charge < -0.3 is 25.2 Å². The van der Waals surface area contributed by atoms with E-state index in [0.29, 0.717) is 25.9 Å². The number of amides is 2. The fourth-order valence-electron chi connectivity index (χ4n) is 6.08. The van der Waals surface area contributed by atoms with E-state index in [2.05, 4.69) is 23.8 Å². The number of hydrogen-bond acceptors (Lipinski definition) is 6. The van der Waals surface area contributed by atoms with E-state index in [1.807, 2.05) is 121 Å². The minimum absolute atomic E-state index is 0.0406. The second-order valence-corrected chi connectivity index (χ2v) is 13.2. The van der Waals surface area contributed by atoms with Crippen molar-refractivity contribution >= 4 is 17.8 Å². The Morgan fingerprint density at radius 1 is 0.736 bits per heavy atom. The highest BCUT2D eigenvalue weighted by molar-refractivity contribution is 5.86. The summed E-state index contributed by atoms with van der Waals surface area (Å²) in [6.07, 6.45) is 6.10. The molecule has 0 aliphatic heterocycles. The van der Waals surface area contributed by atoms with Crippen LogP contribution in [-0.2, 0) is 38.6 Å². The number of benzene rings is 4. The monoisotopic (exact) mass is 716 g/mol. The van der Waals surface area contributed by atoms with Crippen LogP contribution in [0.5, 0.6) is 5.75 Å². The maximum atomic E-state index is 13.7. The summed E-state index contributed by atoms with van der Waals surface area (Å²) in [5, 5.41) is 15.9. The van der Waals surface area contributed by atoms with Gasteiger partial charge in [-0.1, -0.05) is 115 Å². The minimum atomic E-state index is -0.725. The molecule has 4 atom stereocenters. The number of ether oxygens (including phenoxy) is 2. The van der Waals surface area contributed by atoms with Crippen LogP contribution in [0, 0.1) is 11.8 Å². The molecule has 4 aromatic carbocycles. The van der Waals surface area contributed by atoms with Gasteiger partial charge in [-0.05, 0) is 72.9 Å². The lowest BCUT2D eigenvalue weighted by molar-refractivity contribution is -0.155. The molecular formula is C45H52N2O6. The Hall–Kier alpha value is -5.47. The first-order chi connectivity index (χ1) is 25.9. The van der Waals surface area contributed by atoms with Gasteiger partial charge in [-0.2, -0.15) is 0 Å². The van der Waals surface area contributed by atoms with E-state index in [-0.39, 0.29) is 49.7 Å². The molecular weight excluding hydrogens is 665 g/mol. The highest BCUT2D eigenvalue weighted by atomic mass is 16.5. The van der Waals surface area contributed by atoms with Crippen molar-refractivity contribution < 1.29 is 29.0 Å². The Morgan fingerprint density at radius 2 is 1.36 bits per heavy atom. The highest BCUT2D eigenvalue weighted by Gasteiger charge is 2.27. The predicted octanol–water partition coefficient (Wildman–Crippen LogP) is 7.48. The Morgan fingerprint density at radius 3 is 1.98 bits per heavy atom. The normalized spacial score (nSPS) is 13.1. The van der Waals surface area contributed by atoms with Crippen LogP contribution in [0.4, 0.5) is 0 Å². The maximum Gasteiger partial charge on any atom is 0.309 e. The van der Waals surface area contributed by atoms with Crippen LogP contribution in [0.3, 0.4) is 0 Å². The molecule has 0 unspecified atom stereocenters. The van der Waals surface area contributed by atoms with E-state index < -0.39 is 18.1 Å². The molecule has 3 N–H and O–H groups in total. The first kappa shape index (κ1) is 40.3. The number of carbonyl (C=O) groups excluding carboxylic acids is 3. The lowest BCUT2D eigenvalue weighted by Gasteiger charge is -2.24. The van der Waals surface area contributed by atoms with Crippen molar-refractivity contribution in [1.82, 2.24) is 10.6 Å². The molecule has 8 nitrogen and oxygen atoms in total. The van der Waals surface area contributed by atoms with E-state index in [9.17, 15) is 19.5 Å². The SMILES string of the molecule is C=CCCC[C@H](Cc1ccccc1)C(=O)O[C@@H](CNC(=O)[C@@H](CC=C)CC(=O)N[C@H](CO)Cc1ccc(OCc2ccccc2)cc1)c1ccccc1. The van der Waals surface area contributed by atoms with Gasteiger partial charge in [-0.3, -0.25) is 14.4 Å². The van der Waals surface area contributed by atoms with Gasteiger partial charge in [0.25, 0.3) is 0 Å². The average molecular weight is 717 g/mol. The zero-order valence-electron chi connectivity index (χ0n) is 30.4. The number of esters is 1. The fraction of sp³-hybridized carbons (Fsp3) is 0.311. The van der Waals surface area contributed by atoms with Crippen molar-refractivity contribution in [3.8, 4) is 5.75 Å². The molecule has 53 heavy (non-hydrogen) atoms. The molecule has 0 spiro atoms. The van der Waals surface area contributed by atoms with Crippen molar-refractivity contribution in [3.63, 3.8) is 0 Å². The van der Waals surface area contributed by atoms with Crippen LogP contribution < -0.4 is 15.4 Å². The molecule has 0 heterocycles. The molecule has 0 aliphatic carbocycles. The molecule has 0 aromatic heterocycles. The summed E-state index contributed by atoms with van der Waals surface area (Å²) >= 11 is 0. The van der Waals surface area contributed by atoms with Crippen LogP contribution >= 0.6 is 0 Å². The number of carbonyl (C=O) groups is 3. The van der Waals surface area contributed by atoms with Gasteiger partial charge in [-0.25, -0.2) is 0 Å². The average Bonchev–Trinajstić information content (AvgIpc) is 3.19. The van der Waals surface area contributed by atoms with Gasteiger partial charge >= 0.3 is 5.97 Å². The molecule has 0 radical (unpaired) electrons. The van der Waals surface area contributed by atoms with Crippen LogP contribution in [0.2, 0.25) is 0 Å². The summed E-state index contributed by atoms with van der Waals surface area (Å²) in [5.41, 5.74) is 3.80. The summed E-state index contributed by atoms with van der Waals surface area (Å²) in [6, 6.07) is 36.1. The van der Waals surface area contributed by atoms with E-state index in [4.69, 9.17) is 9.47 Å². The number of aliphatic hydroxyl groups is 1. The van der Waals surface area contributed by atoms with Crippen LogP contribution in [-0.4, -0.2) is 42.1 Å².